The molecule has 0 radical (unpaired) electrons. The Balaban J connectivity index is 2.16. The average Bonchev–Trinajstić information content (AvgIpc) is 2.41. The van der Waals surface area contributed by atoms with E-state index in [1.54, 1.807) is 13.3 Å². The predicted molar refractivity (Wildman–Crippen MR) is 73.8 cm³/mol. The van der Waals surface area contributed by atoms with Gasteiger partial charge in [0.1, 0.15) is 11.6 Å². The van der Waals surface area contributed by atoms with E-state index in [1.807, 2.05) is 43.4 Å². The van der Waals surface area contributed by atoms with Gasteiger partial charge in [0.15, 0.2) is 0 Å². The largest absolute Gasteiger partial charge is 0.497 e. The number of benzene rings is 1. The summed E-state index contributed by atoms with van der Waals surface area (Å²) in [6, 6.07) is 11.8. The van der Waals surface area contributed by atoms with Gasteiger partial charge < -0.3 is 15.4 Å². The van der Waals surface area contributed by atoms with Crippen molar-refractivity contribution in [3.63, 3.8) is 0 Å². The maximum absolute atomic E-state index is 5.84. The van der Waals surface area contributed by atoms with E-state index in [4.69, 9.17) is 10.5 Å². The van der Waals surface area contributed by atoms with Gasteiger partial charge in [-0.15, -0.1) is 0 Å². The summed E-state index contributed by atoms with van der Waals surface area (Å²) < 4.78 is 5.22. The molecule has 0 aliphatic rings. The van der Waals surface area contributed by atoms with Gasteiger partial charge in [0, 0.05) is 37.1 Å². The summed E-state index contributed by atoms with van der Waals surface area (Å²) in [5.74, 6) is 1.42. The zero-order chi connectivity index (χ0) is 13.0. The van der Waals surface area contributed by atoms with Gasteiger partial charge in [-0.2, -0.15) is 0 Å². The molecule has 1 heterocycles. The normalized spacial score (nSPS) is 10.1. The highest BCUT2D eigenvalue weighted by molar-refractivity contribution is 5.52. The fraction of sp³-hybridized carbons (Fsp3) is 0.214. The summed E-state index contributed by atoms with van der Waals surface area (Å²) >= 11 is 0. The van der Waals surface area contributed by atoms with Crippen molar-refractivity contribution in [3.8, 4) is 5.75 Å². The third-order valence-corrected chi connectivity index (χ3v) is 2.83. The van der Waals surface area contributed by atoms with E-state index < -0.39 is 0 Å². The molecule has 94 valence electrons. The lowest BCUT2D eigenvalue weighted by atomic mass is 10.2. The molecule has 18 heavy (non-hydrogen) atoms. The molecule has 0 atom stereocenters. The minimum Gasteiger partial charge on any atom is -0.497 e. The Morgan fingerprint density at radius 3 is 2.83 bits per heavy atom. The van der Waals surface area contributed by atoms with Gasteiger partial charge >= 0.3 is 0 Å². The number of ether oxygens (including phenoxy) is 1. The summed E-state index contributed by atoms with van der Waals surface area (Å²) in [5.41, 5.74) is 7.94. The molecule has 2 aromatic rings. The lowest BCUT2D eigenvalue weighted by Crippen LogP contribution is -2.17. The lowest BCUT2D eigenvalue weighted by Gasteiger charge is -2.20. The Hall–Kier alpha value is -2.23. The van der Waals surface area contributed by atoms with E-state index in [0.29, 0.717) is 12.4 Å². The predicted octanol–water partition coefficient (Wildman–Crippen LogP) is 2.31. The fourth-order valence-electron chi connectivity index (χ4n) is 1.78. The first-order chi connectivity index (χ1) is 8.70. The van der Waals surface area contributed by atoms with Crippen molar-refractivity contribution in [1.82, 2.24) is 4.98 Å². The Morgan fingerprint density at radius 1 is 1.28 bits per heavy atom. The molecule has 0 unspecified atom stereocenters. The number of hydrogen-bond donors (Lipinski definition) is 1. The van der Waals surface area contributed by atoms with Gasteiger partial charge in [0.2, 0.25) is 0 Å². The zero-order valence-corrected chi connectivity index (χ0v) is 10.6. The molecule has 1 aromatic heterocycles. The van der Waals surface area contributed by atoms with Gasteiger partial charge in [0.05, 0.1) is 7.11 Å². The van der Waals surface area contributed by atoms with Gasteiger partial charge in [-0.05, 0) is 18.2 Å². The highest BCUT2D eigenvalue weighted by Crippen LogP contribution is 2.22. The molecule has 0 fully saturated rings. The van der Waals surface area contributed by atoms with Crippen LogP contribution in [-0.4, -0.2) is 19.1 Å². The van der Waals surface area contributed by atoms with Crippen molar-refractivity contribution in [2.24, 2.45) is 0 Å². The van der Waals surface area contributed by atoms with Crippen LogP contribution in [0.1, 0.15) is 5.56 Å². The Morgan fingerprint density at radius 2 is 2.11 bits per heavy atom. The molecule has 0 bridgehead atoms. The second-order valence-corrected chi connectivity index (χ2v) is 4.11. The molecule has 0 aliphatic heterocycles. The molecule has 1 aromatic carbocycles. The highest BCUT2D eigenvalue weighted by Gasteiger charge is 2.06. The van der Waals surface area contributed by atoms with Gasteiger partial charge in [0.25, 0.3) is 0 Å². The number of nitrogens with zero attached hydrogens (tertiary/aromatic N) is 2. The number of nitrogens with two attached hydrogens (primary N) is 1. The van der Waals surface area contributed by atoms with Crippen LogP contribution in [0.15, 0.2) is 42.6 Å². The maximum atomic E-state index is 5.84. The molecule has 4 nitrogen and oxygen atoms in total. The van der Waals surface area contributed by atoms with Crippen LogP contribution in [0.3, 0.4) is 0 Å². The number of methoxy groups -OCH3 is 1. The monoisotopic (exact) mass is 243 g/mol. The number of anilines is 2. The van der Waals surface area contributed by atoms with Crippen molar-refractivity contribution >= 4 is 11.5 Å². The van der Waals surface area contributed by atoms with Crippen LogP contribution in [-0.2, 0) is 6.54 Å². The van der Waals surface area contributed by atoms with E-state index in [0.717, 1.165) is 17.0 Å². The van der Waals surface area contributed by atoms with E-state index in [-0.39, 0.29) is 0 Å². The van der Waals surface area contributed by atoms with Crippen LogP contribution in [0.2, 0.25) is 0 Å². The number of hydrogen-bond acceptors (Lipinski definition) is 4. The second kappa shape index (κ2) is 5.40. The number of rotatable bonds is 4. The van der Waals surface area contributed by atoms with E-state index in [2.05, 4.69) is 9.88 Å². The molecule has 0 aliphatic carbocycles. The Bertz CT molecular complexity index is 528. The lowest BCUT2D eigenvalue weighted by molar-refractivity contribution is 0.415. The van der Waals surface area contributed by atoms with Gasteiger partial charge in [-0.25, -0.2) is 4.98 Å². The van der Waals surface area contributed by atoms with Crippen LogP contribution in [0.4, 0.5) is 11.5 Å². The van der Waals surface area contributed by atoms with E-state index >= 15 is 0 Å². The van der Waals surface area contributed by atoms with Crippen molar-refractivity contribution in [2.45, 2.75) is 6.54 Å². The van der Waals surface area contributed by atoms with Crippen molar-refractivity contribution < 1.29 is 4.74 Å². The standard InChI is InChI=1S/C14H17N3O/c1-17(10-11-5-4-8-16-14(11)15)12-6-3-7-13(9-12)18-2/h3-9H,10H2,1-2H3,(H2,15,16). The Kier molecular flexibility index (Phi) is 3.67. The van der Waals surface area contributed by atoms with Crippen LogP contribution in [0.25, 0.3) is 0 Å². The van der Waals surface area contributed by atoms with Crippen LogP contribution >= 0.6 is 0 Å². The minimum absolute atomic E-state index is 0.576. The first-order valence-corrected chi connectivity index (χ1v) is 5.75. The van der Waals surface area contributed by atoms with Crippen LogP contribution in [0.5, 0.6) is 5.75 Å². The third-order valence-electron chi connectivity index (χ3n) is 2.83. The molecule has 0 spiro atoms. The Labute approximate surface area is 107 Å². The quantitative estimate of drug-likeness (QED) is 0.895. The summed E-state index contributed by atoms with van der Waals surface area (Å²) in [7, 11) is 3.68. The summed E-state index contributed by atoms with van der Waals surface area (Å²) in [5, 5.41) is 0. The first kappa shape index (κ1) is 12.2. The summed E-state index contributed by atoms with van der Waals surface area (Å²) in [6.07, 6.45) is 1.70. The topological polar surface area (TPSA) is 51.4 Å². The van der Waals surface area contributed by atoms with Crippen molar-refractivity contribution in [1.29, 1.82) is 0 Å². The molecular formula is C14H17N3O. The van der Waals surface area contributed by atoms with E-state index in [9.17, 15) is 0 Å². The zero-order valence-electron chi connectivity index (χ0n) is 10.6. The second-order valence-electron chi connectivity index (χ2n) is 4.11. The molecular weight excluding hydrogens is 226 g/mol. The molecule has 0 amide bonds. The fourth-order valence-corrected chi connectivity index (χ4v) is 1.78. The average molecular weight is 243 g/mol. The molecule has 4 heteroatoms. The highest BCUT2D eigenvalue weighted by atomic mass is 16.5. The minimum atomic E-state index is 0.576. The molecule has 2 rings (SSSR count). The maximum Gasteiger partial charge on any atom is 0.128 e. The van der Waals surface area contributed by atoms with Gasteiger partial charge in [-0.3, -0.25) is 0 Å². The molecule has 0 saturated heterocycles. The smallest absolute Gasteiger partial charge is 0.128 e. The van der Waals surface area contributed by atoms with Crippen molar-refractivity contribution in [3.05, 3.63) is 48.2 Å². The molecule has 0 saturated carbocycles. The number of pyridine rings is 1. The number of aromatic nitrogens is 1. The van der Waals surface area contributed by atoms with Crippen LogP contribution < -0.4 is 15.4 Å². The SMILES string of the molecule is COc1cccc(N(C)Cc2cccnc2N)c1. The first-order valence-electron chi connectivity index (χ1n) is 5.75. The summed E-state index contributed by atoms with van der Waals surface area (Å²) in [6.45, 7) is 0.715. The number of nitrogen functional groups attached to an aromatic ring is 1. The van der Waals surface area contributed by atoms with Crippen LogP contribution in [0, 0.1) is 0 Å². The summed E-state index contributed by atoms with van der Waals surface area (Å²) in [4.78, 5) is 6.19. The molecule has 2 N–H and O–H groups in total. The van der Waals surface area contributed by atoms with Crippen molar-refractivity contribution in [2.75, 3.05) is 24.8 Å². The third kappa shape index (κ3) is 2.71. The van der Waals surface area contributed by atoms with E-state index in [1.165, 1.54) is 0 Å². The van der Waals surface area contributed by atoms with Gasteiger partial charge in [-0.1, -0.05) is 12.1 Å².